The highest BCUT2D eigenvalue weighted by Crippen LogP contribution is 2.25. The Hall–Kier alpha value is -1.43. The summed E-state index contributed by atoms with van der Waals surface area (Å²) in [5, 5.41) is 8.04. The van der Waals surface area contributed by atoms with Gasteiger partial charge in [-0.1, -0.05) is 0 Å². The fourth-order valence-electron chi connectivity index (χ4n) is 2.41. The highest BCUT2D eigenvalue weighted by molar-refractivity contribution is 5.80. The molecule has 0 aromatic carbocycles. The standard InChI is InChI=1S/C12H20N4O2/c1-9(18-3)12(17)16-6-4-5-10(7-16)11-14-13-8-15(11)2/h8-10H,4-7H2,1-3H3. The van der Waals surface area contributed by atoms with Gasteiger partial charge in [0.15, 0.2) is 0 Å². The van der Waals surface area contributed by atoms with Gasteiger partial charge in [-0.05, 0) is 19.8 Å². The van der Waals surface area contributed by atoms with Crippen LogP contribution in [0.15, 0.2) is 6.33 Å². The SMILES string of the molecule is COC(C)C(=O)N1CCCC(c2nncn2C)C1. The van der Waals surface area contributed by atoms with Crippen LogP contribution in [-0.4, -0.2) is 51.9 Å². The van der Waals surface area contributed by atoms with E-state index < -0.39 is 0 Å². The van der Waals surface area contributed by atoms with E-state index in [1.807, 2.05) is 16.5 Å². The van der Waals surface area contributed by atoms with Crippen LogP contribution in [0.4, 0.5) is 0 Å². The van der Waals surface area contributed by atoms with Crippen molar-refractivity contribution >= 4 is 5.91 Å². The lowest BCUT2D eigenvalue weighted by molar-refractivity contribution is -0.142. The van der Waals surface area contributed by atoms with Gasteiger partial charge in [-0.25, -0.2) is 0 Å². The van der Waals surface area contributed by atoms with Crippen molar-refractivity contribution in [3.8, 4) is 0 Å². The number of amides is 1. The minimum atomic E-state index is -0.372. The quantitative estimate of drug-likeness (QED) is 0.788. The van der Waals surface area contributed by atoms with Gasteiger partial charge in [0.05, 0.1) is 0 Å². The van der Waals surface area contributed by atoms with Gasteiger partial charge in [0.1, 0.15) is 18.3 Å². The number of hydrogen-bond donors (Lipinski definition) is 0. The second kappa shape index (κ2) is 5.48. The number of carbonyl (C=O) groups excluding carboxylic acids is 1. The van der Waals surface area contributed by atoms with Crippen molar-refractivity contribution in [1.82, 2.24) is 19.7 Å². The van der Waals surface area contributed by atoms with Crippen LogP contribution in [0.3, 0.4) is 0 Å². The number of ether oxygens (including phenoxy) is 1. The lowest BCUT2D eigenvalue weighted by Crippen LogP contribution is -2.44. The lowest BCUT2D eigenvalue weighted by atomic mass is 9.97. The molecule has 0 bridgehead atoms. The molecule has 2 rings (SSSR count). The molecule has 2 heterocycles. The number of aromatic nitrogens is 3. The number of methoxy groups -OCH3 is 1. The van der Waals surface area contributed by atoms with Gasteiger partial charge in [-0.2, -0.15) is 0 Å². The Balaban J connectivity index is 2.05. The molecule has 1 aliphatic heterocycles. The second-order valence-corrected chi connectivity index (χ2v) is 4.80. The Kier molecular flexibility index (Phi) is 3.96. The molecule has 1 amide bonds. The Morgan fingerprint density at radius 1 is 1.61 bits per heavy atom. The summed E-state index contributed by atoms with van der Waals surface area (Å²) in [6, 6.07) is 0. The average molecular weight is 252 g/mol. The first-order valence-electron chi connectivity index (χ1n) is 6.29. The van der Waals surface area contributed by atoms with Gasteiger partial charge >= 0.3 is 0 Å². The summed E-state index contributed by atoms with van der Waals surface area (Å²) in [6.07, 6.45) is 3.38. The maximum absolute atomic E-state index is 12.1. The number of piperidine rings is 1. The van der Waals surface area contributed by atoms with Gasteiger partial charge in [-0.3, -0.25) is 4.79 Å². The Morgan fingerprint density at radius 2 is 2.39 bits per heavy atom. The number of hydrogen-bond acceptors (Lipinski definition) is 4. The molecule has 6 heteroatoms. The van der Waals surface area contributed by atoms with Crippen molar-refractivity contribution < 1.29 is 9.53 Å². The zero-order valence-corrected chi connectivity index (χ0v) is 11.2. The van der Waals surface area contributed by atoms with Gasteiger partial charge in [0, 0.05) is 33.2 Å². The molecule has 2 unspecified atom stereocenters. The first-order chi connectivity index (χ1) is 8.63. The summed E-state index contributed by atoms with van der Waals surface area (Å²) in [4.78, 5) is 14.0. The zero-order valence-electron chi connectivity index (χ0n) is 11.2. The van der Waals surface area contributed by atoms with E-state index in [2.05, 4.69) is 10.2 Å². The van der Waals surface area contributed by atoms with Crippen LogP contribution in [0.5, 0.6) is 0 Å². The number of nitrogens with zero attached hydrogens (tertiary/aromatic N) is 4. The first kappa shape index (κ1) is 13.0. The molecule has 2 atom stereocenters. The molecule has 0 spiro atoms. The van der Waals surface area contributed by atoms with E-state index >= 15 is 0 Å². The monoisotopic (exact) mass is 252 g/mol. The van der Waals surface area contributed by atoms with Crippen molar-refractivity contribution in [2.45, 2.75) is 31.8 Å². The van der Waals surface area contributed by atoms with Crippen molar-refractivity contribution in [1.29, 1.82) is 0 Å². The molecule has 0 saturated carbocycles. The van der Waals surface area contributed by atoms with Crippen LogP contribution in [0, 0.1) is 0 Å². The Bertz CT molecular complexity index is 418. The third-order valence-corrected chi connectivity index (χ3v) is 3.55. The van der Waals surface area contributed by atoms with Crippen LogP contribution in [-0.2, 0) is 16.6 Å². The molecular formula is C12H20N4O2. The molecule has 0 radical (unpaired) electrons. The predicted octanol–water partition coefficient (Wildman–Crippen LogP) is 0.556. The molecule has 6 nitrogen and oxygen atoms in total. The Labute approximate surface area is 107 Å². The third kappa shape index (κ3) is 2.53. The molecule has 100 valence electrons. The van der Waals surface area contributed by atoms with Gasteiger partial charge in [0.2, 0.25) is 0 Å². The van der Waals surface area contributed by atoms with Crippen molar-refractivity contribution in [2.75, 3.05) is 20.2 Å². The van der Waals surface area contributed by atoms with Crippen molar-refractivity contribution in [3.63, 3.8) is 0 Å². The van der Waals surface area contributed by atoms with E-state index in [1.165, 1.54) is 0 Å². The van der Waals surface area contributed by atoms with Crippen LogP contribution in [0.1, 0.15) is 31.5 Å². The van der Waals surface area contributed by atoms with Crippen molar-refractivity contribution in [3.05, 3.63) is 12.2 Å². The molecule has 1 fully saturated rings. The van der Waals surface area contributed by atoms with E-state index in [0.717, 1.165) is 25.2 Å². The second-order valence-electron chi connectivity index (χ2n) is 4.80. The average Bonchev–Trinajstić information content (AvgIpc) is 2.83. The smallest absolute Gasteiger partial charge is 0.251 e. The maximum Gasteiger partial charge on any atom is 0.251 e. The maximum atomic E-state index is 12.1. The normalized spacial score (nSPS) is 21.9. The highest BCUT2D eigenvalue weighted by Gasteiger charge is 2.29. The molecule has 1 aliphatic rings. The minimum Gasteiger partial charge on any atom is -0.372 e. The fraction of sp³-hybridized carbons (Fsp3) is 0.750. The summed E-state index contributed by atoms with van der Waals surface area (Å²) in [7, 11) is 3.50. The van der Waals surface area contributed by atoms with Crippen LogP contribution in [0.2, 0.25) is 0 Å². The summed E-state index contributed by atoms with van der Waals surface area (Å²) >= 11 is 0. The molecule has 1 saturated heterocycles. The fourth-order valence-corrected chi connectivity index (χ4v) is 2.41. The molecule has 0 N–H and O–H groups in total. The summed E-state index contributed by atoms with van der Waals surface area (Å²) in [5.41, 5.74) is 0. The number of aryl methyl sites for hydroxylation is 1. The van der Waals surface area contributed by atoms with E-state index in [9.17, 15) is 4.79 Å². The van der Waals surface area contributed by atoms with E-state index in [0.29, 0.717) is 6.54 Å². The molecule has 0 aliphatic carbocycles. The summed E-state index contributed by atoms with van der Waals surface area (Å²) in [5.74, 6) is 1.29. The predicted molar refractivity (Wildman–Crippen MR) is 66.0 cm³/mol. The lowest BCUT2D eigenvalue weighted by Gasteiger charge is -2.33. The van der Waals surface area contributed by atoms with Crippen LogP contribution >= 0.6 is 0 Å². The summed E-state index contributed by atoms with van der Waals surface area (Å²) < 4.78 is 7.02. The van der Waals surface area contributed by atoms with E-state index in [1.54, 1.807) is 20.4 Å². The Morgan fingerprint density at radius 3 is 3.00 bits per heavy atom. The highest BCUT2D eigenvalue weighted by atomic mass is 16.5. The van der Waals surface area contributed by atoms with E-state index in [-0.39, 0.29) is 17.9 Å². The molecule has 1 aromatic rings. The van der Waals surface area contributed by atoms with Gasteiger partial charge < -0.3 is 14.2 Å². The van der Waals surface area contributed by atoms with Crippen LogP contribution < -0.4 is 0 Å². The molecule has 1 aromatic heterocycles. The minimum absolute atomic E-state index is 0.0596. The molecular weight excluding hydrogens is 232 g/mol. The first-order valence-corrected chi connectivity index (χ1v) is 6.29. The van der Waals surface area contributed by atoms with Gasteiger partial charge in [0.25, 0.3) is 5.91 Å². The van der Waals surface area contributed by atoms with Gasteiger partial charge in [-0.15, -0.1) is 10.2 Å². The number of rotatable bonds is 3. The number of likely N-dealkylation sites (tertiary alicyclic amines) is 1. The van der Waals surface area contributed by atoms with Crippen LogP contribution in [0.25, 0.3) is 0 Å². The van der Waals surface area contributed by atoms with Crippen molar-refractivity contribution in [2.24, 2.45) is 7.05 Å². The summed E-state index contributed by atoms with van der Waals surface area (Å²) in [6.45, 7) is 3.30. The molecule has 18 heavy (non-hydrogen) atoms. The zero-order chi connectivity index (χ0) is 13.1. The van der Waals surface area contributed by atoms with E-state index in [4.69, 9.17) is 4.74 Å². The topological polar surface area (TPSA) is 60.2 Å². The number of carbonyl (C=O) groups is 1. The third-order valence-electron chi connectivity index (χ3n) is 3.55. The largest absolute Gasteiger partial charge is 0.372 e.